The fraction of sp³-hybridized carbons (Fsp3) is 0.706. The summed E-state index contributed by atoms with van der Waals surface area (Å²) in [6, 6.07) is 0. The first-order valence-corrected chi connectivity index (χ1v) is 7.83. The van der Waals surface area contributed by atoms with Gasteiger partial charge in [-0.3, -0.25) is 0 Å². The van der Waals surface area contributed by atoms with Gasteiger partial charge >= 0.3 is 5.97 Å². The van der Waals surface area contributed by atoms with Crippen LogP contribution in [0.15, 0.2) is 23.8 Å². The molecular formula is C17H29ClO2. The number of rotatable bonds is 9. The molecule has 0 N–H and O–H groups in total. The molecule has 3 heteroatoms. The molecule has 0 saturated heterocycles. The van der Waals surface area contributed by atoms with Crippen LogP contribution in [0.5, 0.6) is 0 Å². The molecule has 0 heterocycles. The van der Waals surface area contributed by atoms with Crippen LogP contribution in [0.2, 0.25) is 0 Å². The summed E-state index contributed by atoms with van der Waals surface area (Å²) in [5.74, 6) is 0.368. The second-order valence-electron chi connectivity index (χ2n) is 5.99. The van der Waals surface area contributed by atoms with Crippen LogP contribution in [0.3, 0.4) is 0 Å². The van der Waals surface area contributed by atoms with Crippen molar-refractivity contribution in [1.82, 2.24) is 0 Å². The van der Waals surface area contributed by atoms with Crippen LogP contribution in [0, 0.1) is 5.92 Å². The molecule has 2 nitrogen and oxygen atoms in total. The van der Waals surface area contributed by atoms with Crippen LogP contribution in [0.1, 0.15) is 60.3 Å². The Morgan fingerprint density at radius 2 is 2.05 bits per heavy atom. The lowest BCUT2D eigenvalue weighted by atomic mass is 9.96. The minimum atomic E-state index is -0.271. The highest BCUT2D eigenvalue weighted by Gasteiger charge is 2.12. The van der Waals surface area contributed by atoms with E-state index in [-0.39, 0.29) is 10.8 Å². The topological polar surface area (TPSA) is 26.3 Å². The van der Waals surface area contributed by atoms with Crippen LogP contribution in [0.4, 0.5) is 0 Å². The van der Waals surface area contributed by atoms with Crippen molar-refractivity contribution in [3.63, 3.8) is 0 Å². The van der Waals surface area contributed by atoms with Crippen molar-refractivity contribution < 1.29 is 9.53 Å². The molecule has 0 aromatic carbocycles. The van der Waals surface area contributed by atoms with E-state index in [9.17, 15) is 4.79 Å². The van der Waals surface area contributed by atoms with Crippen molar-refractivity contribution in [2.24, 2.45) is 5.92 Å². The molecular weight excluding hydrogens is 272 g/mol. The number of allylic oxidation sites excluding steroid dienone is 3. The van der Waals surface area contributed by atoms with Crippen molar-refractivity contribution in [3.8, 4) is 0 Å². The molecule has 0 rings (SSSR count). The lowest BCUT2D eigenvalue weighted by Crippen LogP contribution is -2.10. The van der Waals surface area contributed by atoms with E-state index in [0.717, 1.165) is 24.8 Å². The first kappa shape index (κ1) is 19.2. The number of hydrogen-bond acceptors (Lipinski definition) is 2. The van der Waals surface area contributed by atoms with E-state index < -0.39 is 0 Å². The molecule has 0 aliphatic heterocycles. The summed E-state index contributed by atoms with van der Waals surface area (Å²) in [5.41, 5.74) is 0.928. The molecule has 0 aromatic heterocycles. The van der Waals surface area contributed by atoms with Gasteiger partial charge < -0.3 is 4.74 Å². The van der Waals surface area contributed by atoms with Crippen LogP contribution in [0.25, 0.3) is 0 Å². The van der Waals surface area contributed by atoms with Gasteiger partial charge in [0.15, 0.2) is 0 Å². The first-order chi connectivity index (χ1) is 9.24. The summed E-state index contributed by atoms with van der Waals surface area (Å²) in [6.07, 6.45) is 10.0. The van der Waals surface area contributed by atoms with Gasteiger partial charge in [-0.1, -0.05) is 31.9 Å². The van der Waals surface area contributed by atoms with Gasteiger partial charge in [-0.15, -0.1) is 11.6 Å². The zero-order chi connectivity index (χ0) is 15.6. The van der Waals surface area contributed by atoms with Crippen molar-refractivity contribution >= 4 is 17.6 Å². The Labute approximate surface area is 129 Å². The number of esters is 1. The summed E-state index contributed by atoms with van der Waals surface area (Å²) in [5, 5.41) is 0. The Balaban J connectivity index is 3.96. The third-order valence-corrected chi connectivity index (χ3v) is 3.21. The van der Waals surface area contributed by atoms with Crippen molar-refractivity contribution in [1.29, 1.82) is 0 Å². The van der Waals surface area contributed by atoms with E-state index in [4.69, 9.17) is 16.3 Å². The van der Waals surface area contributed by atoms with E-state index >= 15 is 0 Å². The highest BCUT2D eigenvalue weighted by molar-refractivity contribution is 6.23. The van der Waals surface area contributed by atoms with E-state index in [2.05, 4.69) is 26.8 Å². The monoisotopic (exact) mass is 300 g/mol. The van der Waals surface area contributed by atoms with Crippen LogP contribution >= 0.6 is 11.6 Å². The Morgan fingerprint density at radius 1 is 1.40 bits per heavy atom. The molecule has 0 aromatic rings. The molecule has 0 amide bonds. The Morgan fingerprint density at radius 3 is 2.60 bits per heavy atom. The first-order valence-electron chi connectivity index (χ1n) is 7.45. The Kier molecular flexibility index (Phi) is 9.66. The van der Waals surface area contributed by atoms with Gasteiger partial charge in [-0.25, -0.2) is 4.79 Å². The normalized spacial score (nSPS) is 14.6. The molecule has 0 aliphatic rings. The molecule has 0 spiro atoms. The summed E-state index contributed by atoms with van der Waals surface area (Å²) < 4.78 is 4.86. The quantitative estimate of drug-likeness (QED) is 0.251. The smallest absolute Gasteiger partial charge is 0.330 e. The average Bonchev–Trinajstić information content (AvgIpc) is 2.27. The fourth-order valence-electron chi connectivity index (χ4n) is 1.89. The summed E-state index contributed by atoms with van der Waals surface area (Å²) in [6.45, 7) is 10.5. The second kappa shape index (κ2) is 10.0. The summed E-state index contributed by atoms with van der Waals surface area (Å²) in [7, 11) is 0. The number of alkyl halides is 1. The molecule has 0 aliphatic carbocycles. The zero-order valence-electron chi connectivity index (χ0n) is 13.5. The van der Waals surface area contributed by atoms with Gasteiger partial charge in [0.2, 0.25) is 0 Å². The van der Waals surface area contributed by atoms with E-state index in [1.165, 1.54) is 12.5 Å². The Bertz CT molecular complexity index is 337. The highest BCUT2D eigenvalue weighted by atomic mass is 35.5. The maximum Gasteiger partial charge on any atom is 0.330 e. The number of carbonyl (C=O) groups excluding carboxylic acids is 1. The second-order valence-corrected chi connectivity index (χ2v) is 7.02. The van der Waals surface area contributed by atoms with Crippen LogP contribution in [-0.2, 0) is 9.53 Å². The third-order valence-electron chi connectivity index (χ3n) is 3.02. The van der Waals surface area contributed by atoms with Crippen molar-refractivity contribution in [2.75, 3.05) is 6.61 Å². The fourth-order valence-corrected chi connectivity index (χ4v) is 2.03. The summed E-state index contributed by atoms with van der Waals surface area (Å²) in [4.78, 5) is 11.2. The van der Waals surface area contributed by atoms with E-state index in [1.54, 1.807) is 6.92 Å². The van der Waals surface area contributed by atoms with Crippen molar-refractivity contribution in [3.05, 3.63) is 23.8 Å². The van der Waals surface area contributed by atoms with Crippen LogP contribution < -0.4 is 0 Å². The molecule has 1 unspecified atom stereocenters. The molecule has 116 valence electrons. The minimum absolute atomic E-state index is 0.0888. The Hall–Kier alpha value is -0.760. The lowest BCUT2D eigenvalue weighted by molar-refractivity contribution is -0.137. The SMILES string of the molecule is CCOC(=O)/C=C(C)/C=C/CC(C)CCCC(C)(C)Cl. The maximum atomic E-state index is 11.2. The third kappa shape index (κ3) is 12.3. The number of halogens is 1. The van der Waals surface area contributed by atoms with Gasteiger partial charge in [0.05, 0.1) is 6.61 Å². The molecule has 0 radical (unpaired) electrons. The maximum absolute atomic E-state index is 11.2. The molecule has 0 bridgehead atoms. The molecule has 0 saturated carbocycles. The molecule has 20 heavy (non-hydrogen) atoms. The highest BCUT2D eigenvalue weighted by Crippen LogP contribution is 2.23. The largest absolute Gasteiger partial charge is 0.463 e. The number of hydrogen-bond donors (Lipinski definition) is 0. The minimum Gasteiger partial charge on any atom is -0.463 e. The standard InChI is InChI=1S/C17H29ClO2/c1-6-20-16(19)13-15(3)10-7-9-14(2)11-8-12-17(4,5)18/h7,10,13-14H,6,8-9,11-12H2,1-5H3/b10-7+,15-13+. The van der Waals surface area contributed by atoms with Gasteiger partial charge in [0.1, 0.15) is 0 Å². The lowest BCUT2D eigenvalue weighted by Gasteiger charge is -2.16. The van der Waals surface area contributed by atoms with Gasteiger partial charge in [0, 0.05) is 11.0 Å². The predicted octanol–water partition coefficient (Wildman–Crippen LogP) is 5.27. The van der Waals surface area contributed by atoms with Crippen LogP contribution in [-0.4, -0.2) is 17.5 Å². The van der Waals surface area contributed by atoms with Gasteiger partial charge in [-0.2, -0.15) is 0 Å². The zero-order valence-corrected chi connectivity index (χ0v) is 14.3. The van der Waals surface area contributed by atoms with E-state index in [1.807, 2.05) is 13.0 Å². The average molecular weight is 301 g/mol. The van der Waals surface area contributed by atoms with E-state index in [0.29, 0.717) is 12.5 Å². The predicted molar refractivity (Wildman–Crippen MR) is 87.1 cm³/mol. The molecule has 1 atom stereocenters. The van der Waals surface area contributed by atoms with Crippen molar-refractivity contribution in [2.45, 2.75) is 65.2 Å². The van der Waals surface area contributed by atoms with Gasteiger partial charge in [0.25, 0.3) is 0 Å². The number of ether oxygens (including phenoxy) is 1. The number of carbonyl (C=O) groups is 1. The molecule has 0 fully saturated rings. The summed E-state index contributed by atoms with van der Waals surface area (Å²) >= 11 is 6.17. The van der Waals surface area contributed by atoms with Gasteiger partial charge in [-0.05, 0) is 52.0 Å².